The maximum Gasteiger partial charge on any atom is 0.126 e. The Morgan fingerprint density at radius 1 is 0.931 bits per heavy atom. The Bertz CT molecular complexity index is 903. The summed E-state index contributed by atoms with van der Waals surface area (Å²) in [6.07, 6.45) is 12.5. The maximum absolute atomic E-state index is 11.0. The average molecular weight is 395 g/mol. The van der Waals surface area contributed by atoms with E-state index in [1.807, 2.05) is 30.3 Å². The zero-order valence-electron chi connectivity index (χ0n) is 17.6. The fourth-order valence-corrected chi connectivity index (χ4v) is 3.99. The molecule has 1 heterocycles. The first kappa shape index (κ1) is 21.3. The van der Waals surface area contributed by atoms with Crippen LogP contribution in [0.1, 0.15) is 75.8 Å². The zero-order chi connectivity index (χ0) is 20.5. The summed E-state index contributed by atoms with van der Waals surface area (Å²) in [6.45, 7) is 2.71. The molecule has 0 amide bonds. The molecule has 156 valence electrons. The molecule has 0 aliphatic carbocycles. The first-order valence-electron chi connectivity index (χ1n) is 11.1. The number of unbranched alkanes of at least 4 members (excludes halogenated alkanes) is 8. The normalized spacial score (nSPS) is 11.4. The van der Waals surface area contributed by atoms with Gasteiger partial charge in [-0.3, -0.25) is 5.10 Å². The molecule has 1 aromatic heterocycles. The highest BCUT2D eigenvalue weighted by Gasteiger charge is 2.15. The van der Waals surface area contributed by atoms with Gasteiger partial charge in [0, 0.05) is 17.7 Å². The molecular weight excluding hydrogens is 360 g/mol. The summed E-state index contributed by atoms with van der Waals surface area (Å²) < 4.78 is 0. The second kappa shape index (κ2) is 11.0. The van der Waals surface area contributed by atoms with Gasteiger partial charge in [-0.05, 0) is 36.1 Å². The number of H-pyrrole nitrogens is 1. The van der Waals surface area contributed by atoms with Crippen LogP contribution in [0.2, 0.25) is 0 Å². The number of aryl methyl sites for hydroxylation is 1. The van der Waals surface area contributed by atoms with Crippen LogP contribution in [0.3, 0.4) is 0 Å². The first-order chi connectivity index (χ1) is 14.2. The van der Waals surface area contributed by atoms with Crippen LogP contribution in [0.5, 0.6) is 5.75 Å². The van der Waals surface area contributed by atoms with Gasteiger partial charge in [0.1, 0.15) is 11.3 Å². The molecule has 0 aliphatic heterocycles. The molecule has 0 spiro atoms. The molecule has 0 saturated heterocycles. The van der Waals surface area contributed by atoms with Gasteiger partial charge in [0.2, 0.25) is 0 Å². The number of nitrogens with zero attached hydrogens (tertiary/aromatic N) is 2. The Labute approximate surface area is 173 Å². The molecule has 3 rings (SSSR count). The van der Waals surface area contributed by atoms with Crippen molar-refractivity contribution in [3.05, 3.63) is 41.5 Å². The van der Waals surface area contributed by atoms with Crippen LogP contribution in [-0.4, -0.2) is 20.5 Å². The molecule has 0 aliphatic rings. The van der Waals surface area contributed by atoms with E-state index in [9.17, 15) is 5.11 Å². The molecule has 2 aromatic carbocycles. The van der Waals surface area contributed by atoms with Crippen LogP contribution in [0, 0.1) is 0 Å². The van der Waals surface area contributed by atoms with Gasteiger partial charge in [-0.2, -0.15) is 0 Å². The van der Waals surface area contributed by atoms with Gasteiger partial charge < -0.3 is 10.8 Å². The summed E-state index contributed by atoms with van der Waals surface area (Å²) in [7, 11) is 0. The van der Waals surface area contributed by atoms with Crippen molar-refractivity contribution in [1.29, 1.82) is 0 Å². The standard InChI is InChI=1S/C24H34N4O/c1-2-3-4-5-6-7-8-9-10-12-19-15-18(17-25)16-21(24(19)29)20-13-11-14-22-23(20)27-28-26-22/h11,13-16,29H,2-10,12,17,25H2,1H3,(H,26,27,28). The number of aromatic hydroxyl groups is 1. The van der Waals surface area contributed by atoms with Crippen molar-refractivity contribution >= 4 is 11.0 Å². The molecule has 29 heavy (non-hydrogen) atoms. The van der Waals surface area contributed by atoms with Crippen molar-refractivity contribution in [1.82, 2.24) is 15.4 Å². The summed E-state index contributed by atoms with van der Waals surface area (Å²) in [6, 6.07) is 9.88. The van der Waals surface area contributed by atoms with E-state index < -0.39 is 0 Å². The Morgan fingerprint density at radius 3 is 2.38 bits per heavy atom. The molecule has 5 heteroatoms. The average Bonchev–Trinajstić information content (AvgIpc) is 3.22. The van der Waals surface area contributed by atoms with E-state index in [1.54, 1.807) is 0 Å². The van der Waals surface area contributed by atoms with Crippen molar-refractivity contribution in [3.8, 4) is 16.9 Å². The molecule has 0 atom stereocenters. The SMILES string of the molecule is CCCCCCCCCCCc1cc(CN)cc(-c2cccc3[nH]nnc23)c1O. The van der Waals surface area contributed by atoms with E-state index in [1.165, 1.54) is 51.4 Å². The van der Waals surface area contributed by atoms with Gasteiger partial charge in [-0.15, -0.1) is 5.10 Å². The number of rotatable bonds is 12. The lowest BCUT2D eigenvalue weighted by atomic mass is 9.94. The summed E-state index contributed by atoms with van der Waals surface area (Å²) in [4.78, 5) is 0. The van der Waals surface area contributed by atoms with E-state index in [0.29, 0.717) is 12.3 Å². The number of nitrogens with one attached hydrogen (secondary N) is 1. The van der Waals surface area contributed by atoms with E-state index in [4.69, 9.17) is 5.73 Å². The maximum atomic E-state index is 11.0. The molecule has 0 radical (unpaired) electrons. The van der Waals surface area contributed by atoms with Crippen molar-refractivity contribution in [2.45, 2.75) is 77.7 Å². The van der Waals surface area contributed by atoms with Gasteiger partial charge in [0.15, 0.2) is 0 Å². The van der Waals surface area contributed by atoms with E-state index in [0.717, 1.165) is 46.1 Å². The lowest BCUT2D eigenvalue weighted by Gasteiger charge is -2.13. The van der Waals surface area contributed by atoms with Crippen LogP contribution >= 0.6 is 0 Å². The monoisotopic (exact) mass is 394 g/mol. The minimum absolute atomic E-state index is 0.345. The molecule has 4 N–H and O–H groups in total. The van der Waals surface area contributed by atoms with Crippen LogP contribution in [0.15, 0.2) is 30.3 Å². The number of aromatic nitrogens is 3. The number of benzene rings is 2. The Balaban J connectivity index is 1.64. The van der Waals surface area contributed by atoms with E-state index in [2.05, 4.69) is 22.3 Å². The topological polar surface area (TPSA) is 87.8 Å². The van der Waals surface area contributed by atoms with Gasteiger partial charge in [0.25, 0.3) is 0 Å². The molecular formula is C24H34N4O. The van der Waals surface area contributed by atoms with Crippen molar-refractivity contribution in [2.75, 3.05) is 0 Å². The highest BCUT2D eigenvalue weighted by atomic mass is 16.3. The Kier molecular flexibility index (Phi) is 8.05. The lowest BCUT2D eigenvalue weighted by molar-refractivity contribution is 0.467. The molecule has 0 saturated carbocycles. The minimum atomic E-state index is 0.345. The third-order valence-electron chi connectivity index (χ3n) is 5.68. The molecule has 0 bridgehead atoms. The zero-order valence-corrected chi connectivity index (χ0v) is 17.6. The van der Waals surface area contributed by atoms with E-state index >= 15 is 0 Å². The summed E-state index contributed by atoms with van der Waals surface area (Å²) >= 11 is 0. The quantitative estimate of drug-likeness (QED) is 0.336. The number of phenolic OH excluding ortho intramolecular Hbond substituents is 1. The third kappa shape index (κ3) is 5.57. The lowest BCUT2D eigenvalue weighted by Crippen LogP contribution is -2.00. The highest BCUT2D eigenvalue weighted by molar-refractivity contribution is 5.93. The van der Waals surface area contributed by atoms with Crippen molar-refractivity contribution < 1.29 is 5.11 Å². The minimum Gasteiger partial charge on any atom is -0.507 e. The summed E-state index contributed by atoms with van der Waals surface area (Å²) in [5.41, 5.74) is 11.3. The van der Waals surface area contributed by atoms with Crippen LogP contribution in [0.4, 0.5) is 0 Å². The first-order valence-corrected chi connectivity index (χ1v) is 11.1. The number of phenols is 1. The van der Waals surface area contributed by atoms with Crippen LogP contribution in [-0.2, 0) is 13.0 Å². The van der Waals surface area contributed by atoms with Gasteiger partial charge >= 0.3 is 0 Å². The summed E-state index contributed by atoms with van der Waals surface area (Å²) in [5, 5.41) is 22.0. The predicted octanol–water partition coefficient (Wildman–Crippen LogP) is 5.86. The molecule has 0 fully saturated rings. The number of nitrogens with two attached hydrogens (primary N) is 1. The van der Waals surface area contributed by atoms with Gasteiger partial charge in [0.05, 0.1) is 5.52 Å². The van der Waals surface area contributed by atoms with Crippen molar-refractivity contribution in [3.63, 3.8) is 0 Å². The van der Waals surface area contributed by atoms with E-state index in [-0.39, 0.29) is 0 Å². The smallest absolute Gasteiger partial charge is 0.126 e. The second-order valence-electron chi connectivity index (χ2n) is 7.95. The predicted molar refractivity (Wildman–Crippen MR) is 120 cm³/mol. The largest absolute Gasteiger partial charge is 0.507 e. The van der Waals surface area contributed by atoms with Crippen molar-refractivity contribution in [2.24, 2.45) is 5.73 Å². The molecule has 5 nitrogen and oxygen atoms in total. The second-order valence-corrected chi connectivity index (χ2v) is 7.95. The number of hydrogen-bond donors (Lipinski definition) is 3. The highest BCUT2D eigenvalue weighted by Crippen LogP contribution is 2.37. The molecule has 3 aromatic rings. The fraction of sp³-hybridized carbons (Fsp3) is 0.500. The Morgan fingerprint density at radius 2 is 1.66 bits per heavy atom. The number of hydrogen-bond acceptors (Lipinski definition) is 4. The van der Waals surface area contributed by atoms with Gasteiger partial charge in [-0.25, -0.2) is 0 Å². The fourth-order valence-electron chi connectivity index (χ4n) is 3.99. The number of fused-ring (bicyclic) bond motifs is 1. The molecule has 0 unspecified atom stereocenters. The Hall–Kier alpha value is -2.40. The number of aromatic amines is 1. The summed E-state index contributed by atoms with van der Waals surface area (Å²) in [5.74, 6) is 0.345. The van der Waals surface area contributed by atoms with Gasteiger partial charge in [-0.1, -0.05) is 81.7 Å². The van der Waals surface area contributed by atoms with Crippen LogP contribution in [0.25, 0.3) is 22.2 Å². The third-order valence-corrected chi connectivity index (χ3v) is 5.68. The van der Waals surface area contributed by atoms with Crippen LogP contribution < -0.4 is 5.73 Å².